The van der Waals surface area contributed by atoms with Gasteiger partial charge in [-0.2, -0.15) is 0 Å². The number of hydrogen-bond donors (Lipinski definition) is 1. The summed E-state index contributed by atoms with van der Waals surface area (Å²) < 4.78 is 0.581. The van der Waals surface area contributed by atoms with E-state index in [1.165, 1.54) is 6.07 Å². The molecule has 2 nitrogen and oxygen atoms in total. The van der Waals surface area contributed by atoms with Crippen molar-refractivity contribution < 1.29 is 9.90 Å². The van der Waals surface area contributed by atoms with Crippen LogP contribution in [0.2, 0.25) is 0 Å². The van der Waals surface area contributed by atoms with Gasteiger partial charge in [0.05, 0.1) is 0 Å². The van der Waals surface area contributed by atoms with Gasteiger partial charge in [-0.15, -0.1) is 0 Å². The molecule has 1 aromatic rings. The molecule has 0 bridgehead atoms. The van der Waals surface area contributed by atoms with E-state index < -0.39 is 23.5 Å². The molecular formula is C7H5Cl2IO2. The number of carboxylic acid groups (broad SMARTS) is 1. The van der Waals surface area contributed by atoms with Gasteiger partial charge in [0.2, 0.25) is 0 Å². The fourth-order valence-electron chi connectivity index (χ4n) is 0.759. The first-order valence-electron chi connectivity index (χ1n) is 2.98. The molecule has 0 aliphatic rings. The van der Waals surface area contributed by atoms with Crippen molar-refractivity contribution in [2.45, 2.75) is 0 Å². The molecule has 5 heteroatoms. The van der Waals surface area contributed by atoms with Crippen LogP contribution < -0.4 is 0 Å². The molecule has 0 radical (unpaired) electrons. The first-order chi connectivity index (χ1) is 5.63. The van der Waals surface area contributed by atoms with Crippen LogP contribution in [0.4, 0.5) is 0 Å². The first kappa shape index (κ1) is 10.1. The number of hydrogen-bond acceptors (Lipinski definition) is 1. The predicted octanol–water partition coefficient (Wildman–Crippen LogP) is 3.37. The standard InChI is InChI=1S/C7H5Cl2IO2/c8-10(9)6-4-2-1-3-5(6)7(11)12/h1-4H,(H,11,12). The van der Waals surface area contributed by atoms with Crippen LogP contribution in [0.5, 0.6) is 0 Å². The number of halogens is 3. The molecule has 0 unspecified atom stereocenters. The van der Waals surface area contributed by atoms with Crippen molar-refractivity contribution in [1.82, 2.24) is 0 Å². The van der Waals surface area contributed by atoms with Gasteiger partial charge in [0.15, 0.2) is 0 Å². The van der Waals surface area contributed by atoms with Gasteiger partial charge in [-0.3, -0.25) is 0 Å². The molecule has 1 N–H and O–H groups in total. The van der Waals surface area contributed by atoms with E-state index in [-0.39, 0.29) is 5.56 Å². The Kier molecular flexibility index (Phi) is 3.61. The fraction of sp³-hybridized carbons (Fsp3) is 0. The van der Waals surface area contributed by atoms with E-state index in [9.17, 15) is 4.79 Å². The Balaban J connectivity index is 3.17. The summed E-state index contributed by atoms with van der Waals surface area (Å²) in [5.74, 6) is -0.978. The summed E-state index contributed by atoms with van der Waals surface area (Å²) in [6.07, 6.45) is 0. The van der Waals surface area contributed by atoms with Crippen molar-refractivity contribution in [1.29, 1.82) is 0 Å². The zero-order chi connectivity index (χ0) is 9.14. The van der Waals surface area contributed by atoms with Crippen LogP contribution in [0.1, 0.15) is 10.4 Å². The van der Waals surface area contributed by atoms with Crippen LogP contribution >= 0.6 is 35.4 Å². The Bertz CT molecular complexity index is 301. The summed E-state index contributed by atoms with van der Waals surface area (Å²) >= 11 is -2.22. The van der Waals surface area contributed by atoms with Crippen molar-refractivity contribution in [3.05, 3.63) is 33.4 Å². The minimum atomic E-state index is -2.22. The number of carboxylic acids is 1. The van der Waals surface area contributed by atoms with E-state index in [4.69, 9.17) is 22.9 Å². The van der Waals surface area contributed by atoms with Crippen molar-refractivity contribution in [2.24, 2.45) is 0 Å². The van der Waals surface area contributed by atoms with E-state index in [1.807, 2.05) is 0 Å². The Morgan fingerprint density at radius 3 is 2.33 bits per heavy atom. The molecule has 0 amide bonds. The van der Waals surface area contributed by atoms with Gasteiger partial charge in [-0.05, 0) is 0 Å². The Morgan fingerprint density at radius 2 is 1.92 bits per heavy atom. The third kappa shape index (κ3) is 2.24. The second-order valence-corrected chi connectivity index (χ2v) is 9.08. The van der Waals surface area contributed by atoms with Gasteiger partial charge >= 0.3 is 84.6 Å². The molecule has 0 fully saturated rings. The summed E-state index contributed by atoms with van der Waals surface area (Å²) in [4.78, 5) is 10.6. The van der Waals surface area contributed by atoms with Gasteiger partial charge in [0.25, 0.3) is 0 Å². The quantitative estimate of drug-likeness (QED) is 0.849. The summed E-state index contributed by atoms with van der Waals surface area (Å²) in [6, 6.07) is 6.55. The van der Waals surface area contributed by atoms with Crippen LogP contribution in [0, 0.1) is 3.57 Å². The predicted molar refractivity (Wildman–Crippen MR) is 57.8 cm³/mol. The van der Waals surface area contributed by atoms with Gasteiger partial charge in [0, 0.05) is 0 Å². The normalized spacial score (nSPS) is 11.0. The molecule has 0 aromatic heterocycles. The van der Waals surface area contributed by atoms with E-state index in [0.29, 0.717) is 3.57 Å². The monoisotopic (exact) mass is 318 g/mol. The Morgan fingerprint density at radius 1 is 1.33 bits per heavy atom. The van der Waals surface area contributed by atoms with Crippen LogP contribution in [0.25, 0.3) is 0 Å². The Labute approximate surface area is 84.3 Å². The maximum atomic E-state index is 10.6. The molecule has 1 aromatic carbocycles. The molecule has 66 valence electrons. The molecule has 0 atom stereocenters. The first-order valence-corrected chi connectivity index (χ1v) is 9.52. The van der Waals surface area contributed by atoms with Gasteiger partial charge < -0.3 is 0 Å². The summed E-state index contributed by atoms with van der Waals surface area (Å²) in [6.45, 7) is 0. The van der Waals surface area contributed by atoms with Crippen molar-refractivity contribution in [3.8, 4) is 0 Å². The SMILES string of the molecule is O=C(O)c1ccccc1I(Cl)Cl. The molecule has 12 heavy (non-hydrogen) atoms. The Hall–Kier alpha value is -0.000000000000000111. The van der Waals surface area contributed by atoms with Gasteiger partial charge in [0.1, 0.15) is 0 Å². The van der Waals surface area contributed by atoms with Crippen LogP contribution in [-0.2, 0) is 0 Å². The summed E-state index contributed by atoms with van der Waals surface area (Å²) in [5, 5.41) is 8.72. The summed E-state index contributed by atoms with van der Waals surface area (Å²) in [5.41, 5.74) is 0.215. The number of carbonyl (C=O) groups is 1. The van der Waals surface area contributed by atoms with Gasteiger partial charge in [-0.25, -0.2) is 0 Å². The maximum absolute atomic E-state index is 10.6. The van der Waals surface area contributed by atoms with E-state index in [0.717, 1.165) is 0 Å². The molecular weight excluding hydrogens is 314 g/mol. The average Bonchev–Trinajstić information content (AvgIpc) is 2.04. The van der Waals surface area contributed by atoms with Crippen LogP contribution in [0.15, 0.2) is 24.3 Å². The van der Waals surface area contributed by atoms with Crippen molar-refractivity contribution >= 4 is 41.3 Å². The fourth-order valence-corrected chi connectivity index (χ4v) is 3.76. The number of benzene rings is 1. The molecule has 0 heterocycles. The second-order valence-electron chi connectivity index (χ2n) is 1.98. The third-order valence-corrected chi connectivity index (χ3v) is 5.14. The topological polar surface area (TPSA) is 37.3 Å². The third-order valence-electron chi connectivity index (χ3n) is 1.26. The average molecular weight is 319 g/mol. The zero-order valence-electron chi connectivity index (χ0n) is 5.80. The molecule has 0 saturated heterocycles. The van der Waals surface area contributed by atoms with E-state index >= 15 is 0 Å². The number of rotatable bonds is 2. The van der Waals surface area contributed by atoms with Gasteiger partial charge in [-0.1, -0.05) is 0 Å². The molecule has 1 rings (SSSR count). The molecule has 0 spiro atoms. The molecule has 0 aliphatic heterocycles. The zero-order valence-corrected chi connectivity index (χ0v) is 9.47. The van der Waals surface area contributed by atoms with Crippen LogP contribution in [-0.4, -0.2) is 11.1 Å². The summed E-state index contributed by atoms with van der Waals surface area (Å²) in [7, 11) is 11.4. The molecule has 0 aliphatic carbocycles. The van der Waals surface area contributed by atoms with Crippen molar-refractivity contribution in [3.63, 3.8) is 0 Å². The van der Waals surface area contributed by atoms with Crippen LogP contribution in [0.3, 0.4) is 0 Å². The van der Waals surface area contributed by atoms with E-state index in [1.54, 1.807) is 18.2 Å². The molecule has 0 saturated carbocycles. The second kappa shape index (κ2) is 4.30. The van der Waals surface area contributed by atoms with Crippen molar-refractivity contribution in [2.75, 3.05) is 0 Å². The number of aromatic carboxylic acids is 1. The van der Waals surface area contributed by atoms with E-state index in [2.05, 4.69) is 0 Å². The minimum absolute atomic E-state index is 0.215.